The lowest BCUT2D eigenvalue weighted by Crippen LogP contribution is -1.95. The number of halogens is 1. The van der Waals surface area contributed by atoms with Crippen LogP contribution < -0.4 is 5.32 Å². The fourth-order valence-corrected chi connectivity index (χ4v) is 1.83. The molecule has 2 aromatic rings. The molecule has 0 aromatic heterocycles. The van der Waals surface area contributed by atoms with Crippen LogP contribution in [0.4, 0.5) is 17.1 Å². The second-order valence-electron chi connectivity index (χ2n) is 3.73. The Hall–Kier alpha value is -2.39. The summed E-state index contributed by atoms with van der Waals surface area (Å²) in [5, 5.41) is 22.7. The van der Waals surface area contributed by atoms with Gasteiger partial charge in [-0.1, -0.05) is 15.9 Å². The Labute approximate surface area is 117 Å². The molecule has 0 saturated heterocycles. The molecule has 0 unspecified atom stereocenters. The van der Waals surface area contributed by atoms with Gasteiger partial charge < -0.3 is 5.32 Å². The third-order valence-electron chi connectivity index (χ3n) is 2.45. The van der Waals surface area contributed by atoms with Crippen molar-refractivity contribution in [2.45, 2.75) is 0 Å². The van der Waals surface area contributed by atoms with E-state index >= 15 is 0 Å². The summed E-state index contributed by atoms with van der Waals surface area (Å²) in [6.45, 7) is 0. The number of nitro benzene ring substituents is 1. The zero-order valence-electron chi connectivity index (χ0n) is 9.63. The van der Waals surface area contributed by atoms with Crippen molar-refractivity contribution in [2.75, 3.05) is 5.32 Å². The van der Waals surface area contributed by atoms with Crippen LogP contribution in [-0.2, 0) is 0 Å². The number of hydrogen-bond donors (Lipinski definition) is 1. The van der Waals surface area contributed by atoms with Crippen molar-refractivity contribution < 1.29 is 4.92 Å². The second-order valence-corrected chi connectivity index (χ2v) is 4.65. The summed E-state index contributed by atoms with van der Waals surface area (Å²) >= 11 is 3.33. The minimum Gasteiger partial charge on any atom is -0.355 e. The zero-order chi connectivity index (χ0) is 13.8. The molecule has 0 saturated carbocycles. The summed E-state index contributed by atoms with van der Waals surface area (Å²) in [5.74, 6) is 0. The van der Waals surface area contributed by atoms with Gasteiger partial charge in [0.25, 0.3) is 5.69 Å². The van der Waals surface area contributed by atoms with E-state index in [2.05, 4.69) is 21.2 Å². The lowest BCUT2D eigenvalue weighted by Gasteiger charge is -2.06. The molecule has 0 amide bonds. The van der Waals surface area contributed by atoms with Crippen LogP contribution in [0.2, 0.25) is 0 Å². The average Bonchev–Trinajstić information content (AvgIpc) is 2.41. The first-order valence-corrected chi connectivity index (χ1v) is 6.10. The maximum Gasteiger partial charge on any atom is 0.287 e. The summed E-state index contributed by atoms with van der Waals surface area (Å²) in [5.41, 5.74) is 1.31. The van der Waals surface area contributed by atoms with Crippen LogP contribution in [0, 0.1) is 21.4 Å². The Morgan fingerprint density at radius 3 is 2.37 bits per heavy atom. The minimum atomic E-state index is -0.567. The molecule has 0 aliphatic heterocycles. The molecule has 0 heterocycles. The van der Waals surface area contributed by atoms with Gasteiger partial charge in [-0.3, -0.25) is 10.1 Å². The molecule has 1 N–H and O–H groups in total. The molecule has 0 radical (unpaired) electrons. The Balaban J connectivity index is 2.29. The van der Waals surface area contributed by atoms with Gasteiger partial charge in [-0.25, -0.2) is 0 Å². The topological polar surface area (TPSA) is 79.0 Å². The van der Waals surface area contributed by atoms with E-state index in [9.17, 15) is 10.1 Å². The van der Waals surface area contributed by atoms with Gasteiger partial charge in [-0.15, -0.1) is 0 Å². The van der Waals surface area contributed by atoms with Gasteiger partial charge in [-0.05, 0) is 36.4 Å². The molecule has 5 nitrogen and oxygen atoms in total. The van der Waals surface area contributed by atoms with Crippen molar-refractivity contribution >= 4 is 33.0 Å². The Kier molecular flexibility index (Phi) is 3.78. The molecule has 2 aromatic carbocycles. The Bertz CT molecular complexity index is 663. The van der Waals surface area contributed by atoms with E-state index < -0.39 is 4.92 Å². The van der Waals surface area contributed by atoms with Gasteiger partial charge in [0.15, 0.2) is 0 Å². The number of nitro groups is 1. The predicted molar refractivity (Wildman–Crippen MR) is 75.2 cm³/mol. The van der Waals surface area contributed by atoms with Crippen molar-refractivity contribution in [2.24, 2.45) is 0 Å². The fourth-order valence-electron chi connectivity index (χ4n) is 1.56. The lowest BCUT2D eigenvalue weighted by atomic mass is 10.1. The quantitative estimate of drug-likeness (QED) is 0.686. The summed E-state index contributed by atoms with van der Waals surface area (Å²) in [6, 6.07) is 13.6. The van der Waals surface area contributed by atoms with E-state index in [1.165, 1.54) is 12.1 Å². The van der Waals surface area contributed by atoms with E-state index in [1.807, 2.05) is 30.3 Å². The van der Waals surface area contributed by atoms with Crippen LogP contribution in [0.1, 0.15) is 5.56 Å². The van der Waals surface area contributed by atoms with Crippen LogP contribution in [0.25, 0.3) is 0 Å². The standard InChI is InChI=1S/C13H8BrN3O2/c14-10-1-3-11(4-2-10)16-12-5-6-13(17(18)19)9(7-12)8-15/h1-7,16H. The molecule has 0 aliphatic carbocycles. The molecule has 19 heavy (non-hydrogen) atoms. The highest BCUT2D eigenvalue weighted by atomic mass is 79.9. The van der Waals surface area contributed by atoms with E-state index in [0.717, 1.165) is 10.2 Å². The molecule has 6 heteroatoms. The van der Waals surface area contributed by atoms with Gasteiger partial charge in [-0.2, -0.15) is 5.26 Å². The van der Waals surface area contributed by atoms with Crippen LogP contribution >= 0.6 is 15.9 Å². The first-order chi connectivity index (χ1) is 9.10. The zero-order valence-corrected chi connectivity index (χ0v) is 11.2. The van der Waals surface area contributed by atoms with Crippen LogP contribution in [0.5, 0.6) is 0 Å². The minimum absolute atomic E-state index is 0.0344. The molecule has 0 spiro atoms. The number of anilines is 2. The van der Waals surface area contributed by atoms with E-state index in [0.29, 0.717) is 5.69 Å². The molecule has 0 atom stereocenters. The molecule has 94 valence electrons. The smallest absolute Gasteiger partial charge is 0.287 e. The number of nitrogens with zero attached hydrogens (tertiary/aromatic N) is 2. The highest BCUT2D eigenvalue weighted by Gasteiger charge is 2.13. The molecular weight excluding hydrogens is 310 g/mol. The van der Waals surface area contributed by atoms with Gasteiger partial charge in [0, 0.05) is 21.9 Å². The number of nitriles is 1. The largest absolute Gasteiger partial charge is 0.355 e. The van der Waals surface area contributed by atoms with Crippen molar-refractivity contribution in [3.63, 3.8) is 0 Å². The van der Waals surface area contributed by atoms with Crippen molar-refractivity contribution in [3.8, 4) is 6.07 Å². The monoisotopic (exact) mass is 317 g/mol. The van der Waals surface area contributed by atoms with E-state index in [4.69, 9.17) is 5.26 Å². The lowest BCUT2D eigenvalue weighted by molar-refractivity contribution is -0.385. The normalized spacial score (nSPS) is 9.68. The fraction of sp³-hybridized carbons (Fsp3) is 0. The van der Waals surface area contributed by atoms with Crippen LogP contribution in [0.3, 0.4) is 0 Å². The van der Waals surface area contributed by atoms with Gasteiger partial charge >= 0.3 is 0 Å². The summed E-state index contributed by atoms with van der Waals surface area (Å²) < 4.78 is 0.958. The number of hydrogen-bond acceptors (Lipinski definition) is 4. The second kappa shape index (κ2) is 5.50. The third-order valence-corrected chi connectivity index (χ3v) is 2.98. The van der Waals surface area contributed by atoms with E-state index in [1.54, 1.807) is 6.07 Å². The first-order valence-electron chi connectivity index (χ1n) is 5.31. The summed E-state index contributed by atoms with van der Waals surface area (Å²) in [6.07, 6.45) is 0. The maximum atomic E-state index is 10.7. The summed E-state index contributed by atoms with van der Waals surface area (Å²) in [4.78, 5) is 10.1. The van der Waals surface area contributed by atoms with Crippen LogP contribution in [-0.4, -0.2) is 4.92 Å². The van der Waals surface area contributed by atoms with Crippen molar-refractivity contribution in [1.29, 1.82) is 5.26 Å². The Morgan fingerprint density at radius 1 is 1.16 bits per heavy atom. The molecule has 0 fully saturated rings. The molecular formula is C13H8BrN3O2. The van der Waals surface area contributed by atoms with Gasteiger partial charge in [0.1, 0.15) is 11.6 Å². The highest BCUT2D eigenvalue weighted by molar-refractivity contribution is 9.10. The first kappa shape index (κ1) is 13.1. The predicted octanol–water partition coefficient (Wildman–Crippen LogP) is 3.97. The highest BCUT2D eigenvalue weighted by Crippen LogP contribution is 2.25. The summed E-state index contributed by atoms with van der Waals surface area (Å²) in [7, 11) is 0. The van der Waals surface area contributed by atoms with Gasteiger partial charge in [0.05, 0.1) is 4.92 Å². The van der Waals surface area contributed by atoms with Crippen LogP contribution in [0.15, 0.2) is 46.9 Å². The molecule has 0 aliphatic rings. The number of benzene rings is 2. The number of rotatable bonds is 3. The van der Waals surface area contributed by atoms with Crippen molar-refractivity contribution in [3.05, 3.63) is 62.6 Å². The third kappa shape index (κ3) is 3.09. The maximum absolute atomic E-state index is 10.7. The van der Waals surface area contributed by atoms with Crippen molar-refractivity contribution in [1.82, 2.24) is 0 Å². The molecule has 2 rings (SSSR count). The average molecular weight is 318 g/mol. The molecule has 0 bridgehead atoms. The SMILES string of the molecule is N#Cc1cc(Nc2ccc(Br)cc2)ccc1[N+](=O)[O-]. The number of nitrogens with one attached hydrogen (secondary N) is 1. The Morgan fingerprint density at radius 2 is 1.79 bits per heavy atom. The van der Waals surface area contributed by atoms with Gasteiger partial charge in [0.2, 0.25) is 0 Å². The van der Waals surface area contributed by atoms with E-state index in [-0.39, 0.29) is 11.3 Å².